The van der Waals surface area contributed by atoms with Gasteiger partial charge >= 0.3 is 48.3 Å². The lowest BCUT2D eigenvalue weighted by Crippen LogP contribution is -2.64. The van der Waals surface area contributed by atoms with Gasteiger partial charge in [-0.3, -0.25) is 33.7 Å². The van der Waals surface area contributed by atoms with Crippen molar-refractivity contribution < 1.29 is 96.0 Å². The first-order valence-electron chi connectivity index (χ1n) is 31.6. The Morgan fingerprint density at radius 3 is 1.13 bits per heavy atom. The lowest BCUT2D eigenvalue weighted by Gasteiger charge is -2.53. The Labute approximate surface area is 574 Å². The average Bonchev–Trinajstić information content (AvgIpc) is 1.09. The third-order valence-corrected chi connectivity index (χ3v) is 18.3. The van der Waals surface area contributed by atoms with Gasteiger partial charge in [-0.25, -0.2) is 34.4 Å². The molecular formula is C70H69F12N9O11. The number of hydroxylamine groups is 2. The summed E-state index contributed by atoms with van der Waals surface area (Å²) in [5.74, 6) is -1.08. The van der Waals surface area contributed by atoms with Gasteiger partial charge in [0.05, 0.1) is 76.3 Å². The van der Waals surface area contributed by atoms with Crippen LogP contribution in [0, 0.1) is 0 Å². The Morgan fingerprint density at radius 1 is 0.510 bits per heavy atom. The molecule has 0 bridgehead atoms. The highest BCUT2D eigenvalue weighted by molar-refractivity contribution is 5.77. The van der Waals surface area contributed by atoms with E-state index in [9.17, 15) is 86.7 Å². The minimum Gasteiger partial charge on any atom is -0.445 e. The molecule has 6 atom stereocenters. The van der Waals surface area contributed by atoms with E-state index < -0.39 is 143 Å². The number of H-pyrrole nitrogens is 2. The molecule has 3 N–H and O–H groups in total. The van der Waals surface area contributed by atoms with E-state index in [1.54, 1.807) is 121 Å². The zero-order chi connectivity index (χ0) is 74.2. The number of aromatic nitrogens is 6. The Bertz CT molecular complexity index is 4260. The van der Waals surface area contributed by atoms with Gasteiger partial charge < -0.3 is 18.9 Å². The number of rotatable bonds is 20. The summed E-state index contributed by atoms with van der Waals surface area (Å²) >= 11 is 0. The number of carbonyl (C=O) groups excluding carboxylic acids is 4. The monoisotopic (exact) mass is 1440 g/mol. The predicted octanol–water partition coefficient (Wildman–Crippen LogP) is 14.0. The van der Waals surface area contributed by atoms with E-state index in [0.717, 1.165) is 17.9 Å². The molecule has 4 heterocycles. The van der Waals surface area contributed by atoms with E-state index in [4.69, 9.17) is 18.9 Å². The molecule has 0 unspecified atom stereocenters. The number of likely N-dealkylation sites (tertiary alicyclic amines) is 2. The van der Waals surface area contributed by atoms with E-state index in [1.165, 1.54) is 41.5 Å². The van der Waals surface area contributed by atoms with E-state index in [2.05, 4.69) is 20.4 Å². The van der Waals surface area contributed by atoms with Crippen LogP contribution in [0.1, 0.15) is 127 Å². The maximum absolute atomic E-state index is 14.3. The number of alkyl halides is 12. The summed E-state index contributed by atoms with van der Waals surface area (Å²) in [6, 6.07) is 36.8. The second kappa shape index (κ2) is 30.6. The molecule has 2 aliphatic heterocycles. The van der Waals surface area contributed by atoms with Gasteiger partial charge in [-0.2, -0.15) is 62.9 Å². The van der Waals surface area contributed by atoms with Gasteiger partial charge in [0.15, 0.2) is 0 Å². The van der Waals surface area contributed by atoms with Crippen molar-refractivity contribution in [2.45, 2.75) is 132 Å². The average molecular weight is 1440 g/mol. The fourth-order valence-corrected chi connectivity index (χ4v) is 12.9. The molecule has 20 nitrogen and oxygen atoms in total. The summed E-state index contributed by atoms with van der Waals surface area (Å²) in [5, 5.41) is 22.6. The van der Waals surface area contributed by atoms with Gasteiger partial charge in [-0.15, -0.1) is 0 Å². The Balaban J connectivity index is 0.000000237. The van der Waals surface area contributed by atoms with Gasteiger partial charge in [0, 0.05) is 26.6 Å². The van der Waals surface area contributed by atoms with Crippen LogP contribution in [0.15, 0.2) is 180 Å². The maximum Gasteiger partial charge on any atom is 0.416 e. The number of halogens is 12. The first kappa shape index (κ1) is 76.1. The van der Waals surface area contributed by atoms with E-state index in [1.807, 2.05) is 0 Å². The molecule has 32 heteroatoms. The van der Waals surface area contributed by atoms with Crippen LogP contribution in [0.25, 0.3) is 0 Å². The highest BCUT2D eigenvalue weighted by atomic mass is 19.4. The number of ether oxygens (including phenoxy) is 4. The Morgan fingerprint density at radius 2 is 0.833 bits per heavy atom. The second-order valence-electron chi connectivity index (χ2n) is 25.1. The number of nitrogens with one attached hydrogen (secondary N) is 2. The third-order valence-electron chi connectivity index (χ3n) is 18.3. The number of piperidine rings is 2. The quantitative estimate of drug-likeness (QED) is 0.0366. The number of aromatic amines is 2. The van der Waals surface area contributed by atoms with Gasteiger partial charge in [-0.05, 0) is 116 Å². The summed E-state index contributed by atoms with van der Waals surface area (Å²) in [6.07, 6.45) is -22.9. The SMILES string of the molecule is CC(=O)C[C@]1(n2cn[nH]c2=O)CC[C@@](CO[C@H](C)c2cc(C(F)(F)F)cc(C(F)(F)F)c2)(c2ccccc2)N(C(=O)OCc2ccccc2)C1.C[C@@H](OC[C@@]1(c2ccccc2)CC[C@](CC(=O)N(C)O)(n2cn[nH]c2=O)CN1C(=O)OCc1ccccc1)c1cc(C(F)(F)F)cc(C(F)(F)F)c1. The van der Waals surface area contributed by atoms with E-state index >= 15 is 0 Å². The van der Waals surface area contributed by atoms with Crippen LogP contribution >= 0.6 is 0 Å². The molecule has 0 radical (unpaired) electrons. The molecule has 102 heavy (non-hydrogen) atoms. The smallest absolute Gasteiger partial charge is 0.416 e. The number of carbonyl (C=O) groups is 4. The summed E-state index contributed by atoms with van der Waals surface area (Å²) in [6.45, 7) is 2.11. The molecule has 10 rings (SSSR count). The minimum absolute atomic E-state index is 0.0110. The fourth-order valence-electron chi connectivity index (χ4n) is 12.9. The molecule has 0 aliphatic carbocycles. The van der Waals surface area contributed by atoms with Crippen LogP contribution in [-0.2, 0) is 88.6 Å². The Hall–Kier alpha value is -10.1. The van der Waals surface area contributed by atoms with Crippen molar-refractivity contribution in [1.29, 1.82) is 0 Å². The first-order valence-corrected chi connectivity index (χ1v) is 31.6. The summed E-state index contributed by atoms with van der Waals surface area (Å²) in [5.41, 5.74) is -11.5. The highest BCUT2D eigenvalue weighted by Gasteiger charge is 2.56. The molecule has 2 aromatic heterocycles. The predicted molar refractivity (Wildman–Crippen MR) is 339 cm³/mol. The van der Waals surface area contributed by atoms with Crippen LogP contribution in [-0.4, -0.2) is 107 Å². The van der Waals surface area contributed by atoms with E-state index in [-0.39, 0.29) is 75.3 Å². The van der Waals surface area contributed by atoms with Crippen molar-refractivity contribution in [3.63, 3.8) is 0 Å². The number of ketones is 1. The van der Waals surface area contributed by atoms with Gasteiger partial charge in [0.1, 0.15) is 31.7 Å². The number of hydrogen-bond donors (Lipinski definition) is 3. The molecule has 2 aliphatic rings. The first-order chi connectivity index (χ1) is 48.0. The summed E-state index contributed by atoms with van der Waals surface area (Å²) in [4.78, 5) is 82.7. The molecule has 3 amide bonds. The number of Topliss-reactive ketones (excluding diaryl/α,β-unsaturated/α-hetero) is 1. The molecule has 8 aromatic rings. The zero-order valence-corrected chi connectivity index (χ0v) is 55.0. The molecule has 6 aromatic carbocycles. The normalized spacial score (nSPS) is 20.2. The third kappa shape index (κ3) is 17.4. The van der Waals surface area contributed by atoms with Crippen molar-refractivity contribution >= 4 is 23.9 Å². The highest BCUT2D eigenvalue weighted by Crippen LogP contribution is 2.49. The molecule has 0 saturated carbocycles. The van der Waals surface area contributed by atoms with Crippen molar-refractivity contribution in [3.05, 3.63) is 247 Å². The largest absolute Gasteiger partial charge is 0.445 e. The molecule has 2 fully saturated rings. The molecule has 544 valence electrons. The number of benzene rings is 6. The number of hydrogen-bond acceptors (Lipinski definition) is 13. The van der Waals surface area contributed by atoms with Crippen LogP contribution in [0.4, 0.5) is 62.3 Å². The van der Waals surface area contributed by atoms with Crippen LogP contribution in [0.5, 0.6) is 0 Å². The lowest BCUT2D eigenvalue weighted by atomic mass is 9.73. The lowest BCUT2D eigenvalue weighted by molar-refractivity contribution is -0.164. The van der Waals surface area contributed by atoms with E-state index in [0.29, 0.717) is 51.6 Å². The van der Waals surface area contributed by atoms with Gasteiger partial charge in [0.25, 0.3) is 0 Å². The standard InChI is InChI=1S/C35H35F6N5O6.C35H34F6N4O5/c1-23(25-15-27(34(36,37)38)17-28(16-25)35(39,40)41)52-21-33(26-11-7-4-8-12-26)14-13-32(18-29(47)44(2)50,46-22-42-43-30(46)48)20-45(33)31(49)51-19-24-9-5-3-6-10-24;1-23(46)18-32(45-22-42-43-30(45)47)13-14-33(27-11-7-4-8-12-27,44(20-32)31(48)49-19-25-9-5-3-6-10-25)21-50-24(2)26-15-28(34(36,37)38)17-29(16-26)35(39,40)41/h3-12,15-17,22-23,50H,13-14,18-21H2,1-2H3,(H,43,48);3-12,15-17,22,24H,13-14,18-21H2,1-2H3,(H,43,47)/t23-,32-,33-;24-,32-,33-/m11/s1. The van der Waals surface area contributed by atoms with Crippen LogP contribution < -0.4 is 11.4 Å². The minimum atomic E-state index is -5.09. The molecular weight excluding hydrogens is 1370 g/mol. The number of amides is 3. The summed E-state index contributed by atoms with van der Waals surface area (Å²) in [7, 11) is 1.10. The molecule has 2 saturated heterocycles. The van der Waals surface area contributed by atoms with Crippen molar-refractivity contribution in [2.24, 2.45) is 0 Å². The topological polar surface area (TPSA) is 237 Å². The van der Waals surface area contributed by atoms with Gasteiger partial charge in [0.2, 0.25) is 5.91 Å². The maximum atomic E-state index is 14.3. The number of nitrogens with zero attached hydrogens (tertiary/aromatic N) is 7. The second-order valence-corrected chi connectivity index (χ2v) is 25.1. The van der Waals surface area contributed by atoms with Crippen molar-refractivity contribution in [3.8, 4) is 0 Å². The zero-order valence-electron chi connectivity index (χ0n) is 55.0. The van der Waals surface area contributed by atoms with Gasteiger partial charge in [-0.1, -0.05) is 121 Å². The Kier molecular flexibility index (Phi) is 22.9. The summed E-state index contributed by atoms with van der Waals surface area (Å²) < 4.78 is 191. The van der Waals surface area contributed by atoms with Crippen molar-refractivity contribution in [2.75, 3.05) is 33.4 Å². The fraction of sp³-hybridized carbons (Fsp3) is 0.371. The van der Waals surface area contributed by atoms with Crippen LogP contribution in [0.3, 0.4) is 0 Å². The van der Waals surface area contributed by atoms with Crippen LogP contribution in [0.2, 0.25) is 0 Å². The molecule has 0 spiro atoms. The van der Waals surface area contributed by atoms with Crippen molar-refractivity contribution in [1.82, 2.24) is 44.4 Å².